The van der Waals surface area contributed by atoms with Crippen LogP contribution in [0.5, 0.6) is 17.2 Å². The van der Waals surface area contributed by atoms with Crippen molar-refractivity contribution in [3.8, 4) is 17.2 Å². The van der Waals surface area contributed by atoms with Crippen LogP contribution in [0.2, 0.25) is 10.0 Å². The number of nitrogens with zero attached hydrogens (tertiary/aromatic N) is 1. The van der Waals surface area contributed by atoms with Gasteiger partial charge in [0.15, 0.2) is 23.5 Å². The number of carbonyl (C=O) groups is 2. The van der Waals surface area contributed by atoms with Crippen molar-refractivity contribution in [2.75, 3.05) is 27.4 Å². The molecule has 1 aliphatic rings. The van der Waals surface area contributed by atoms with Crippen LogP contribution < -0.4 is 30.3 Å². The fourth-order valence-electron chi connectivity index (χ4n) is 3.67. The molecule has 0 saturated carbocycles. The molecule has 0 unspecified atom stereocenters. The number of halogens is 2. The molecule has 0 spiro atoms. The molecule has 0 fully saturated rings. The molecular formula is C25H28Cl2N4O7. The summed E-state index contributed by atoms with van der Waals surface area (Å²) in [4.78, 5) is 24.4. The molecule has 0 radical (unpaired) electrons. The summed E-state index contributed by atoms with van der Waals surface area (Å²) < 4.78 is 21.4. The molecule has 0 bridgehead atoms. The van der Waals surface area contributed by atoms with E-state index in [0.717, 1.165) is 0 Å². The highest BCUT2D eigenvalue weighted by atomic mass is 35.5. The summed E-state index contributed by atoms with van der Waals surface area (Å²) in [5.74, 6) is 0.484. The number of nitrogens with one attached hydrogen (secondary N) is 3. The van der Waals surface area contributed by atoms with Gasteiger partial charge in [-0.3, -0.25) is 5.43 Å². The van der Waals surface area contributed by atoms with E-state index in [1.165, 1.54) is 20.4 Å². The number of esters is 1. The number of amides is 2. The number of rotatable bonds is 11. The van der Waals surface area contributed by atoms with Gasteiger partial charge in [0.2, 0.25) is 0 Å². The lowest BCUT2D eigenvalue weighted by Gasteiger charge is -2.28. The van der Waals surface area contributed by atoms with Crippen molar-refractivity contribution < 1.29 is 33.6 Å². The maximum Gasteiger partial charge on any atom is 0.337 e. The van der Waals surface area contributed by atoms with Crippen LogP contribution in [0.15, 0.2) is 46.7 Å². The molecule has 2 atom stereocenters. The Bertz CT molecular complexity index is 1230. The van der Waals surface area contributed by atoms with Crippen molar-refractivity contribution in [1.29, 1.82) is 0 Å². The molecule has 11 nitrogen and oxygen atoms in total. The molecule has 1 aliphatic heterocycles. The topological polar surface area (TPSA) is 140 Å². The number of ether oxygens (including phenoxy) is 4. The van der Waals surface area contributed by atoms with E-state index >= 15 is 0 Å². The Morgan fingerprint density at radius 3 is 2.53 bits per heavy atom. The lowest BCUT2D eigenvalue weighted by atomic mass is 9.95. The number of aliphatic hydroxyl groups is 1. The predicted octanol–water partition coefficient (Wildman–Crippen LogP) is 3.52. The quantitative estimate of drug-likeness (QED) is 0.140. The van der Waals surface area contributed by atoms with Crippen molar-refractivity contribution >= 4 is 41.4 Å². The maximum absolute atomic E-state index is 12.4. The fourth-order valence-corrected chi connectivity index (χ4v) is 4.33. The number of methoxy groups -OCH3 is 2. The van der Waals surface area contributed by atoms with E-state index in [0.29, 0.717) is 50.7 Å². The monoisotopic (exact) mass is 566 g/mol. The van der Waals surface area contributed by atoms with E-state index < -0.39 is 24.3 Å². The zero-order chi connectivity index (χ0) is 27.8. The van der Waals surface area contributed by atoms with Gasteiger partial charge in [-0.2, -0.15) is 5.10 Å². The minimum atomic E-state index is -1.16. The Hall–Kier alpha value is -3.67. The molecular weight excluding hydrogens is 539 g/mol. The lowest BCUT2D eigenvalue weighted by molar-refractivity contribution is -0.136. The van der Waals surface area contributed by atoms with Crippen molar-refractivity contribution in [2.45, 2.75) is 26.1 Å². The van der Waals surface area contributed by atoms with Gasteiger partial charge in [-0.15, -0.1) is 0 Å². The number of carbonyl (C=O) groups excluding carboxylic acids is 2. The molecule has 2 aromatic carbocycles. The van der Waals surface area contributed by atoms with Gasteiger partial charge in [-0.1, -0.05) is 29.3 Å². The highest BCUT2D eigenvalue weighted by molar-refractivity contribution is 6.37. The van der Waals surface area contributed by atoms with Crippen LogP contribution in [-0.4, -0.2) is 57.0 Å². The van der Waals surface area contributed by atoms with Gasteiger partial charge in [-0.05, 0) is 49.2 Å². The second-order valence-corrected chi connectivity index (χ2v) is 8.75. The van der Waals surface area contributed by atoms with Crippen LogP contribution in [0, 0.1) is 0 Å². The first-order valence-electron chi connectivity index (χ1n) is 11.4. The first-order chi connectivity index (χ1) is 18.2. The van der Waals surface area contributed by atoms with Crippen LogP contribution in [0.3, 0.4) is 0 Å². The number of benzene rings is 2. The number of hydrogen-bond donors (Lipinski definition) is 4. The van der Waals surface area contributed by atoms with Gasteiger partial charge in [0, 0.05) is 5.70 Å². The average Bonchev–Trinajstić information content (AvgIpc) is 2.87. The summed E-state index contributed by atoms with van der Waals surface area (Å²) in [6.07, 6.45) is 0.271. The van der Waals surface area contributed by atoms with Gasteiger partial charge >= 0.3 is 12.0 Å². The van der Waals surface area contributed by atoms with Gasteiger partial charge in [0.25, 0.3) is 0 Å². The van der Waals surface area contributed by atoms with Crippen LogP contribution in [0.4, 0.5) is 4.79 Å². The maximum atomic E-state index is 12.4. The second-order valence-electron chi connectivity index (χ2n) is 7.93. The first-order valence-corrected chi connectivity index (χ1v) is 12.2. The first kappa shape index (κ1) is 28.9. The summed E-state index contributed by atoms with van der Waals surface area (Å²) in [5.41, 5.74) is 4.37. The van der Waals surface area contributed by atoms with E-state index in [4.69, 9.17) is 42.1 Å². The Balaban J connectivity index is 1.70. The highest BCUT2D eigenvalue weighted by Gasteiger charge is 2.32. The standard InChI is InChI=1S/C25H28Cl2N4O7/c1-5-37-19-10-15(22-21(24(33)36-4)13(2)29-25(34)30-22)6-7-18(19)38-12-20(32)31-28-11-14-8-16(26)23(35-3)17(27)9-14/h6-11,20,22,31-32H,5,12H2,1-4H3,(H2,29,30,34)/b28-11-/t20-,22+/m0/s1. The molecule has 38 heavy (non-hydrogen) atoms. The number of urea groups is 1. The van der Waals surface area contributed by atoms with Crippen molar-refractivity contribution in [1.82, 2.24) is 16.1 Å². The van der Waals surface area contributed by atoms with E-state index in [2.05, 4.69) is 21.2 Å². The van der Waals surface area contributed by atoms with Crippen LogP contribution in [0.25, 0.3) is 0 Å². The predicted molar refractivity (Wildman–Crippen MR) is 142 cm³/mol. The summed E-state index contributed by atoms with van der Waals surface area (Å²) in [5, 5.41) is 20.2. The minimum absolute atomic E-state index is 0.169. The second kappa shape index (κ2) is 13.2. The summed E-state index contributed by atoms with van der Waals surface area (Å²) in [7, 11) is 2.73. The van der Waals surface area contributed by atoms with E-state index in [1.54, 1.807) is 44.2 Å². The van der Waals surface area contributed by atoms with E-state index in [-0.39, 0.29) is 12.2 Å². The Kier molecular flexibility index (Phi) is 10.1. The van der Waals surface area contributed by atoms with Crippen molar-refractivity contribution in [3.63, 3.8) is 0 Å². The summed E-state index contributed by atoms with van der Waals surface area (Å²) >= 11 is 12.2. The third-order valence-electron chi connectivity index (χ3n) is 5.33. The van der Waals surface area contributed by atoms with Crippen LogP contribution in [-0.2, 0) is 9.53 Å². The molecule has 4 N–H and O–H groups in total. The van der Waals surface area contributed by atoms with Gasteiger partial charge < -0.3 is 34.7 Å². The third-order valence-corrected chi connectivity index (χ3v) is 5.90. The fraction of sp³-hybridized carbons (Fsp3) is 0.320. The molecule has 13 heteroatoms. The van der Waals surface area contributed by atoms with Gasteiger partial charge in [0.05, 0.1) is 48.7 Å². The summed E-state index contributed by atoms with van der Waals surface area (Å²) in [6.45, 7) is 3.58. The molecule has 2 amide bonds. The van der Waals surface area contributed by atoms with E-state index in [1.807, 2.05) is 0 Å². The zero-order valence-corrected chi connectivity index (χ0v) is 22.6. The third kappa shape index (κ3) is 7.00. The molecule has 3 rings (SSSR count). The molecule has 1 heterocycles. The van der Waals surface area contributed by atoms with Gasteiger partial charge in [0.1, 0.15) is 6.61 Å². The number of hydrazone groups is 1. The normalized spacial score (nSPS) is 16.0. The Labute approximate surface area is 229 Å². The molecule has 0 saturated heterocycles. The number of hydrogen-bond acceptors (Lipinski definition) is 9. The van der Waals surface area contributed by atoms with Gasteiger partial charge in [-0.25, -0.2) is 9.59 Å². The number of allylic oxidation sites excluding steroid dienone is 1. The molecule has 0 aliphatic carbocycles. The van der Waals surface area contributed by atoms with Crippen molar-refractivity contribution in [2.24, 2.45) is 5.10 Å². The molecule has 0 aromatic heterocycles. The zero-order valence-electron chi connectivity index (χ0n) is 21.1. The molecule has 204 valence electrons. The number of aliphatic hydroxyl groups excluding tert-OH is 1. The Morgan fingerprint density at radius 2 is 1.89 bits per heavy atom. The summed E-state index contributed by atoms with van der Waals surface area (Å²) in [6, 6.07) is 6.97. The van der Waals surface area contributed by atoms with Crippen LogP contribution >= 0.6 is 23.2 Å². The lowest BCUT2D eigenvalue weighted by Crippen LogP contribution is -2.45. The average molecular weight is 567 g/mol. The SMILES string of the molecule is CCOc1cc([C@H]2NC(=O)NC(C)=C2C(=O)OC)ccc1OC[C@H](O)N/N=C\c1cc(Cl)c(OC)c(Cl)c1. The van der Waals surface area contributed by atoms with E-state index in [9.17, 15) is 14.7 Å². The van der Waals surface area contributed by atoms with Crippen LogP contribution in [0.1, 0.15) is 31.0 Å². The highest BCUT2D eigenvalue weighted by Crippen LogP contribution is 2.35. The largest absolute Gasteiger partial charge is 0.494 e. The smallest absolute Gasteiger partial charge is 0.337 e. The van der Waals surface area contributed by atoms with Crippen molar-refractivity contribution in [3.05, 3.63) is 62.8 Å². The Morgan fingerprint density at radius 1 is 1.18 bits per heavy atom. The molecule has 2 aromatic rings. The minimum Gasteiger partial charge on any atom is -0.494 e.